The summed E-state index contributed by atoms with van der Waals surface area (Å²) in [5.41, 5.74) is 10.3. The van der Waals surface area contributed by atoms with Crippen molar-refractivity contribution >= 4 is 87.5 Å². The van der Waals surface area contributed by atoms with Crippen LogP contribution in [0, 0.1) is 0 Å². The van der Waals surface area contributed by atoms with Crippen molar-refractivity contribution in [3.8, 4) is 34.4 Å². The van der Waals surface area contributed by atoms with Gasteiger partial charge < -0.3 is 8.83 Å². The van der Waals surface area contributed by atoms with Crippen molar-refractivity contribution in [2.45, 2.75) is 0 Å². The molecule has 0 aliphatic heterocycles. The van der Waals surface area contributed by atoms with Gasteiger partial charge in [0.1, 0.15) is 22.3 Å². The lowest BCUT2D eigenvalue weighted by Gasteiger charge is -2.13. The van der Waals surface area contributed by atoms with Crippen molar-refractivity contribution in [1.29, 1.82) is 0 Å². The molecule has 0 aliphatic carbocycles. The van der Waals surface area contributed by atoms with Crippen LogP contribution in [0.5, 0.6) is 0 Å². The Kier molecular flexibility index (Phi) is 6.32. The fraction of sp³-hybridized carbons (Fsp3) is 0. The molecule has 8 aromatic carbocycles. The maximum absolute atomic E-state index is 6.60. The van der Waals surface area contributed by atoms with Gasteiger partial charge in [-0.15, -0.1) is 0 Å². The summed E-state index contributed by atoms with van der Waals surface area (Å²) in [4.78, 5) is 16.1. The van der Waals surface area contributed by atoms with Crippen molar-refractivity contribution in [3.63, 3.8) is 0 Å². The number of para-hydroxylation sites is 4. The van der Waals surface area contributed by atoms with Crippen LogP contribution in [-0.2, 0) is 0 Å². The Balaban J connectivity index is 1.13. The third kappa shape index (κ3) is 4.35. The van der Waals surface area contributed by atoms with E-state index in [1.165, 1.54) is 0 Å². The molecule has 0 saturated heterocycles. The van der Waals surface area contributed by atoms with Crippen LogP contribution in [0.15, 0.2) is 185 Å². The van der Waals surface area contributed by atoms with E-state index in [9.17, 15) is 0 Å². The minimum Gasteiger partial charge on any atom is -0.456 e. The lowest BCUT2D eigenvalue weighted by Crippen LogP contribution is -2.10. The highest BCUT2D eigenvalue weighted by Crippen LogP contribution is 2.42. The number of nitrogens with zero attached hydrogens (tertiary/aromatic N) is 5. The van der Waals surface area contributed by atoms with Crippen LogP contribution in [0.1, 0.15) is 0 Å². The fourth-order valence-electron chi connectivity index (χ4n) is 9.12. The van der Waals surface area contributed by atoms with Crippen LogP contribution in [0.2, 0.25) is 0 Å². The van der Waals surface area contributed by atoms with Gasteiger partial charge in [-0.05, 0) is 65.7 Å². The Morgan fingerprint density at radius 3 is 1.66 bits per heavy atom. The van der Waals surface area contributed by atoms with Crippen molar-refractivity contribution in [3.05, 3.63) is 176 Å². The van der Waals surface area contributed by atoms with Gasteiger partial charge in [-0.2, -0.15) is 15.0 Å². The number of rotatable bonds is 4. The molecule has 0 N–H and O–H groups in total. The molecule has 0 fully saturated rings. The van der Waals surface area contributed by atoms with Crippen LogP contribution in [0.3, 0.4) is 0 Å². The second kappa shape index (κ2) is 11.7. The van der Waals surface area contributed by atoms with Crippen LogP contribution >= 0.6 is 0 Å². The number of aromatic nitrogens is 5. The van der Waals surface area contributed by atoms with Crippen molar-refractivity contribution in [2.24, 2.45) is 0 Å². The highest BCUT2D eigenvalue weighted by Gasteiger charge is 2.24. The number of fused-ring (bicyclic) bond motifs is 13. The minimum atomic E-state index is 0.502. The summed E-state index contributed by atoms with van der Waals surface area (Å²) in [6.45, 7) is 0. The molecule has 0 unspecified atom stereocenters. The second-order valence-electron chi connectivity index (χ2n) is 14.8. The Morgan fingerprint density at radius 1 is 0.345 bits per heavy atom. The summed E-state index contributed by atoms with van der Waals surface area (Å²) in [5.74, 6) is 1.55. The zero-order valence-corrected chi connectivity index (χ0v) is 30.8. The fourth-order valence-corrected chi connectivity index (χ4v) is 9.12. The van der Waals surface area contributed by atoms with Gasteiger partial charge >= 0.3 is 0 Å². The van der Waals surface area contributed by atoms with E-state index in [-0.39, 0.29) is 0 Å². The summed E-state index contributed by atoms with van der Waals surface area (Å²) in [6, 6.07) is 60.7. The summed E-state index contributed by atoms with van der Waals surface area (Å²) < 4.78 is 17.4. The quantitative estimate of drug-likeness (QED) is 0.179. The molecule has 5 aromatic heterocycles. The highest BCUT2D eigenvalue weighted by molar-refractivity contribution is 6.24. The molecule has 13 aromatic rings. The van der Waals surface area contributed by atoms with E-state index in [4.69, 9.17) is 23.8 Å². The summed E-state index contributed by atoms with van der Waals surface area (Å²) >= 11 is 0. The predicted molar refractivity (Wildman–Crippen MR) is 234 cm³/mol. The van der Waals surface area contributed by atoms with Crippen LogP contribution in [0.25, 0.3) is 122 Å². The lowest BCUT2D eigenvalue weighted by molar-refractivity contribution is 0.668. The maximum atomic E-state index is 6.60. The van der Waals surface area contributed by atoms with Gasteiger partial charge in [-0.3, -0.25) is 9.13 Å². The Labute approximate surface area is 329 Å². The first-order valence-electron chi connectivity index (χ1n) is 19.4. The van der Waals surface area contributed by atoms with Gasteiger partial charge in [0, 0.05) is 43.3 Å². The van der Waals surface area contributed by atoms with Crippen molar-refractivity contribution < 1.29 is 8.83 Å². The molecule has 0 amide bonds. The SMILES string of the molecule is c1ccc(-c2cccc3oc4cc(-c5nc(-n6c7ccccc7c7ccccc76)nc(-n6c7ccccc7c7ccc8oc9ccccc9c8c76)n5)ccc4c23)cc1. The van der Waals surface area contributed by atoms with E-state index in [0.29, 0.717) is 17.7 Å². The second-order valence-corrected chi connectivity index (χ2v) is 14.8. The van der Waals surface area contributed by atoms with E-state index in [1.54, 1.807) is 0 Å². The molecule has 7 nitrogen and oxygen atoms in total. The molecule has 0 atom stereocenters. The smallest absolute Gasteiger partial charge is 0.240 e. The van der Waals surface area contributed by atoms with E-state index in [1.807, 2.05) is 24.3 Å². The van der Waals surface area contributed by atoms with Gasteiger partial charge in [-0.25, -0.2) is 0 Å². The molecular weight excluding hydrogens is 715 g/mol. The first-order valence-corrected chi connectivity index (χ1v) is 19.4. The largest absolute Gasteiger partial charge is 0.456 e. The third-order valence-corrected chi connectivity index (χ3v) is 11.6. The minimum absolute atomic E-state index is 0.502. The van der Waals surface area contributed by atoms with Gasteiger partial charge in [0.15, 0.2) is 5.82 Å². The molecule has 0 aliphatic rings. The van der Waals surface area contributed by atoms with Crippen LogP contribution < -0.4 is 0 Å². The molecule has 7 heteroatoms. The van der Waals surface area contributed by atoms with Gasteiger partial charge in [-0.1, -0.05) is 121 Å². The summed E-state index contributed by atoms with van der Waals surface area (Å²) in [6.07, 6.45) is 0. The van der Waals surface area contributed by atoms with Crippen molar-refractivity contribution in [1.82, 2.24) is 24.1 Å². The van der Waals surface area contributed by atoms with Gasteiger partial charge in [0.05, 0.1) is 27.5 Å². The van der Waals surface area contributed by atoms with E-state index in [0.717, 1.165) is 104 Å². The first kappa shape index (κ1) is 31.2. The standard InChI is InChI=1S/C51H29N5O2/c1-2-13-30(14-3-1)32-19-12-24-43-46(32)38-26-25-31(29-45(38)58-43)49-52-50(55-39-20-8-4-15-33(39)34-16-5-9-21-40(34)55)54-51(53-49)56-41-22-10-6-17-35(41)36-27-28-44-47(48(36)56)37-18-7-11-23-42(37)57-44/h1-29H. The number of benzene rings is 8. The zero-order valence-electron chi connectivity index (χ0n) is 30.8. The maximum Gasteiger partial charge on any atom is 0.240 e. The van der Waals surface area contributed by atoms with E-state index in [2.05, 4.69) is 161 Å². The van der Waals surface area contributed by atoms with Crippen LogP contribution in [-0.4, -0.2) is 24.1 Å². The average Bonchev–Trinajstić information content (AvgIpc) is 4.04. The monoisotopic (exact) mass is 743 g/mol. The Morgan fingerprint density at radius 2 is 0.897 bits per heavy atom. The van der Waals surface area contributed by atoms with Crippen LogP contribution in [0.4, 0.5) is 0 Å². The predicted octanol–water partition coefficient (Wildman–Crippen LogP) is 13.2. The Hall–Kier alpha value is -8.03. The average molecular weight is 744 g/mol. The molecule has 13 rings (SSSR count). The molecule has 58 heavy (non-hydrogen) atoms. The molecular formula is C51H29N5O2. The lowest BCUT2D eigenvalue weighted by atomic mass is 9.99. The summed E-state index contributed by atoms with van der Waals surface area (Å²) in [7, 11) is 0. The highest BCUT2D eigenvalue weighted by atomic mass is 16.3. The Bertz CT molecular complexity index is 3760. The van der Waals surface area contributed by atoms with Gasteiger partial charge in [0.25, 0.3) is 0 Å². The first-order chi connectivity index (χ1) is 28.8. The van der Waals surface area contributed by atoms with Crippen molar-refractivity contribution in [2.75, 3.05) is 0 Å². The third-order valence-electron chi connectivity index (χ3n) is 11.6. The molecule has 0 radical (unpaired) electrons. The molecule has 270 valence electrons. The van der Waals surface area contributed by atoms with E-state index < -0.39 is 0 Å². The number of hydrogen-bond donors (Lipinski definition) is 0. The molecule has 0 saturated carbocycles. The molecule has 5 heterocycles. The van der Waals surface area contributed by atoms with E-state index >= 15 is 0 Å². The summed E-state index contributed by atoms with van der Waals surface area (Å²) in [5, 5.41) is 8.62. The normalized spacial score (nSPS) is 12.1. The molecule has 0 spiro atoms. The zero-order chi connectivity index (χ0) is 37.9. The number of furan rings is 2. The molecule has 0 bridgehead atoms. The van der Waals surface area contributed by atoms with Gasteiger partial charge in [0.2, 0.25) is 11.9 Å². The number of hydrogen-bond acceptors (Lipinski definition) is 5. The topological polar surface area (TPSA) is 74.8 Å².